The van der Waals surface area contributed by atoms with E-state index in [1.807, 2.05) is 0 Å². The minimum atomic E-state index is -2.61. The van der Waals surface area contributed by atoms with Crippen molar-refractivity contribution in [1.29, 1.82) is 0 Å². The molecule has 0 fully saturated rings. The van der Waals surface area contributed by atoms with E-state index in [9.17, 15) is 0 Å². The molecule has 0 aromatic rings. The first-order valence-electron chi connectivity index (χ1n) is 0.940. The van der Waals surface area contributed by atoms with Crippen LogP contribution in [0.3, 0.4) is 0 Å². The van der Waals surface area contributed by atoms with Crippen LogP contribution >= 0.6 is 0 Å². The monoisotopic (exact) mass is 186 g/mol. The van der Waals surface area contributed by atoms with Crippen molar-refractivity contribution < 1.29 is 39.1 Å². The second kappa shape index (κ2) is 15.8. The van der Waals surface area contributed by atoms with Crippen LogP contribution < -0.4 is 0 Å². The van der Waals surface area contributed by atoms with E-state index in [1.54, 1.807) is 0 Å². The number of hydrogen-bond acceptors (Lipinski definition) is 3. The Morgan fingerprint density at radius 2 is 1.25 bits per heavy atom. The van der Waals surface area contributed by atoms with Gasteiger partial charge >= 0.3 is 55.3 Å². The fourth-order valence-corrected chi connectivity index (χ4v) is 0. The fourth-order valence-electron chi connectivity index (χ4n) is 0. The van der Waals surface area contributed by atoms with Crippen LogP contribution in [0.5, 0.6) is 0 Å². The molecule has 0 aromatic heterocycles. The molecule has 0 radical (unpaired) electrons. The molecule has 0 saturated carbocycles. The van der Waals surface area contributed by atoms with E-state index in [1.165, 1.54) is 0 Å². The zero-order valence-corrected chi connectivity index (χ0v) is 5.41. The molecule has 0 amide bonds. The Hall–Kier alpha value is 1.38. The summed E-state index contributed by atoms with van der Waals surface area (Å²) in [4.78, 5) is 0. The third-order valence-corrected chi connectivity index (χ3v) is 0. The van der Waals surface area contributed by atoms with Gasteiger partial charge in [0.05, 0.1) is 0 Å². The molecule has 0 atom stereocenters. The summed E-state index contributed by atoms with van der Waals surface area (Å²) in [6, 6.07) is 0. The summed E-state index contributed by atoms with van der Waals surface area (Å²) in [6.07, 6.45) is 0. The Morgan fingerprint density at radius 3 is 1.25 bits per heavy atom. The average molecular weight is 186 g/mol. The number of rotatable bonds is 0. The predicted octanol–water partition coefficient (Wildman–Crippen LogP) is -1.21. The molecule has 0 rings (SSSR count). The molecule has 5 nitrogen and oxygen atoms in total. The molecule has 0 aromatic carbocycles. The summed E-state index contributed by atoms with van der Waals surface area (Å²) in [6.45, 7) is 0. The molecular weight excluding hydrogens is 183 g/mol. The van der Waals surface area contributed by atoms with Crippen molar-refractivity contribution in [2.75, 3.05) is 0 Å². The van der Waals surface area contributed by atoms with Crippen molar-refractivity contribution in [2.45, 2.75) is 0 Å². The van der Waals surface area contributed by atoms with Crippen LogP contribution in [-0.4, -0.2) is 42.9 Å². The molecule has 0 saturated heterocycles. The molecular formula is H3NaO5STi. The van der Waals surface area contributed by atoms with Gasteiger partial charge in [-0.05, 0) is 0 Å². The van der Waals surface area contributed by atoms with Gasteiger partial charge in [0.25, 0.3) is 11.4 Å². The molecule has 2 N–H and O–H groups in total. The van der Waals surface area contributed by atoms with Crippen LogP contribution in [0.15, 0.2) is 0 Å². The minimum absolute atomic E-state index is 0. The Kier molecular flexibility index (Phi) is 31.9. The van der Waals surface area contributed by atoms with Gasteiger partial charge in [-0.2, -0.15) is 4.21 Å². The van der Waals surface area contributed by atoms with E-state index in [4.69, 9.17) is 20.0 Å². The van der Waals surface area contributed by atoms with Crippen LogP contribution in [0.4, 0.5) is 0 Å². The molecule has 0 spiro atoms. The van der Waals surface area contributed by atoms with E-state index in [-0.39, 0.29) is 29.6 Å². The molecule has 0 aliphatic rings. The average Bonchev–Trinajstić information content (AvgIpc) is 1.33. The Labute approximate surface area is 79.2 Å². The van der Waals surface area contributed by atoms with E-state index in [0.717, 1.165) is 0 Å². The SMILES string of the molecule is O=S(O)O.[NaH].[O]=[Ti]=[O]. The van der Waals surface area contributed by atoms with Gasteiger partial charge in [-0.1, -0.05) is 0 Å². The van der Waals surface area contributed by atoms with Crippen LogP contribution in [-0.2, 0) is 37.1 Å². The summed E-state index contributed by atoms with van der Waals surface area (Å²) >= 11 is -4.61. The van der Waals surface area contributed by atoms with Crippen LogP contribution in [0.2, 0.25) is 0 Å². The molecule has 0 aliphatic carbocycles. The Bertz CT molecular complexity index is 80.4. The molecule has 0 heterocycles. The van der Waals surface area contributed by atoms with Gasteiger partial charge in [0, 0.05) is 0 Å². The normalized spacial score (nSPS) is 5.38. The molecule has 8 heavy (non-hydrogen) atoms. The van der Waals surface area contributed by atoms with Gasteiger partial charge in [-0.15, -0.1) is 0 Å². The third-order valence-electron chi connectivity index (χ3n) is 0. The molecule has 8 heteroatoms. The van der Waals surface area contributed by atoms with Crippen LogP contribution in [0.25, 0.3) is 0 Å². The van der Waals surface area contributed by atoms with Crippen LogP contribution in [0, 0.1) is 0 Å². The van der Waals surface area contributed by atoms with Gasteiger partial charge in [0.2, 0.25) is 0 Å². The standard InChI is InChI=1S/Na.H2O3S.2O.Ti.H/c;1-4(2)3;;;;/h;(H2,1,2,3);;;;. The van der Waals surface area contributed by atoms with Crippen molar-refractivity contribution in [1.82, 2.24) is 0 Å². The third kappa shape index (κ3) is 157. The van der Waals surface area contributed by atoms with Gasteiger partial charge in [0.1, 0.15) is 0 Å². The quantitative estimate of drug-likeness (QED) is 0.365. The topological polar surface area (TPSA) is 91.7 Å². The fraction of sp³-hybridized carbons (Fsp3) is 0. The first kappa shape index (κ1) is 16.2. The molecule has 0 bridgehead atoms. The number of hydrogen-bond donors (Lipinski definition) is 2. The van der Waals surface area contributed by atoms with Gasteiger partial charge < -0.3 is 0 Å². The Balaban J connectivity index is -0.0000000575. The summed E-state index contributed by atoms with van der Waals surface area (Å²) in [7, 11) is 0. The zero-order valence-electron chi connectivity index (χ0n) is 3.03. The summed E-state index contributed by atoms with van der Waals surface area (Å²) in [5.41, 5.74) is 0. The van der Waals surface area contributed by atoms with Gasteiger partial charge in [-0.25, -0.2) is 0 Å². The summed E-state index contributed by atoms with van der Waals surface area (Å²) < 4.78 is 39.8. The van der Waals surface area contributed by atoms with E-state index in [0.29, 0.717) is 0 Å². The van der Waals surface area contributed by atoms with Gasteiger partial charge in [-0.3, -0.25) is 9.11 Å². The van der Waals surface area contributed by atoms with E-state index in [2.05, 4.69) is 0 Å². The second-order valence-corrected chi connectivity index (χ2v) is 1.04. The van der Waals surface area contributed by atoms with E-state index >= 15 is 0 Å². The maximum absolute atomic E-state index is 8.67. The van der Waals surface area contributed by atoms with Crippen LogP contribution in [0.1, 0.15) is 0 Å². The summed E-state index contributed by atoms with van der Waals surface area (Å²) in [5, 5.41) is 0. The zero-order chi connectivity index (χ0) is 6.28. The van der Waals surface area contributed by atoms with E-state index < -0.39 is 30.5 Å². The van der Waals surface area contributed by atoms with Crippen molar-refractivity contribution in [3.63, 3.8) is 0 Å². The van der Waals surface area contributed by atoms with Crippen molar-refractivity contribution in [2.24, 2.45) is 0 Å². The Morgan fingerprint density at radius 1 is 1.25 bits per heavy atom. The maximum atomic E-state index is 8.67. The summed E-state index contributed by atoms with van der Waals surface area (Å²) in [5.74, 6) is 0. The van der Waals surface area contributed by atoms with Crippen molar-refractivity contribution in [3.8, 4) is 0 Å². The predicted molar refractivity (Wildman–Crippen MR) is 21.9 cm³/mol. The molecule has 44 valence electrons. The first-order valence-corrected chi connectivity index (χ1v) is 3.28. The van der Waals surface area contributed by atoms with Gasteiger partial charge in [0.15, 0.2) is 0 Å². The molecule has 0 unspecified atom stereocenters. The second-order valence-electron chi connectivity index (χ2n) is 0.314. The van der Waals surface area contributed by atoms with Crippen molar-refractivity contribution >= 4 is 40.9 Å². The molecule has 0 aliphatic heterocycles. The first-order chi connectivity index (χ1) is 3.15. The van der Waals surface area contributed by atoms with Crippen molar-refractivity contribution in [3.05, 3.63) is 0 Å².